The highest BCUT2D eigenvalue weighted by atomic mass is 16.5. The Kier molecular flexibility index (Phi) is 5.96. The van der Waals surface area contributed by atoms with Crippen LogP contribution in [0.4, 0.5) is 0 Å². The summed E-state index contributed by atoms with van der Waals surface area (Å²) in [5.74, 6) is 0.819. The van der Waals surface area contributed by atoms with Gasteiger partial charge in [0.05, 0.1) is 19.7 Å². The molecule has 7 nitrogen and oxygen atoms in total. The molecule has 0 aliphatic heterocycles. The van der Waals surface area contributed by atoms with Gasteiger partial charge in [-0.15, -0.1) is 0 Å². The molecule has 3 aromatic rings. The van der Waals surface area contributed by atoms with Crippen molar-refractivity contribution in [2.24, 2.45) is 5.10 Å². The van der Waals surface area contributed by atoms with Gasteiger partial charge >= 0.3 is 0 Å². The zero-order valence-corrected chi connectivity index (χ0v) is 15.6. The summed E-state index contributed by atoms with van der Waals surface area (Å²) in [4.78, 5) is 31.7. The summed E-state index contributed by atoms with van der Waals surface area (Å²) < 4.78 is 5.08. The molecule has 1 amide bonds. The van der Waals surface area contributed by atoms with Crippen LogP contribution in [0.15, 0.2) is 64.5 Å². The number of rotatable bonds is 6. The maximum atomic E-state index is 12.4. The van der Waals surface area contributed by atoms with E-state index in [4.69, 9.17) is 4.74 Å². The number of aryl methyl sites for hydroxylation is 1. The maximum Gasteiger partial charge on any atom is 0.255 e. The van der Waals surface area contributed by atoms with Crippen LogP contribution in [-0.4, -0.2) is 29.2 Å². The smallest absolute Gasteiger partial charge is 0.255 e. The summed E-state index contributed by atoms with van der Waals surface area (Å²) in [6.45, 7) is 1.71. The zero-order chi connectivity index (χ0) is 19.9. The SMILES string of the molecule is COc1ccc(/C=N\NC(=O)Cc2c(C)nc(-c3ccccc3)[nH]c2=O)cc1. The van der Waals surface area contributed by atoms with Crippen molar-refractivity contribution in [1.29, 1.82) is 0 Å². The molecule has 1 aromatic heterocycles. The summed E-state index contributed by atoms with van der Waals surface area (Å²) in [7, 11) is 1.59. The quantitative estimate of drug-likeness (QED) is 0.510. The largest absolute Gasteiger partial charge is 0.497 e. The maximum absolute atomic E-state index is 12.4. The number of H-pyrrole nitrogens is 1. The summed E-state index contributed by atoms with van der Waals surface area (Å²) >= 11 is 0. The Bertz CT molecular complexity index is 1040. The lowest BCUT2D eigenvalue weighted by atomic mass is 10.1. The molecule has 0 saturated carbocycles. The van der Waals surface area contributed by atoms with Crippen LogP contribution in [0.3, 0.4) is 0 Å². The minimum Gasteiger partial charge on any atom is -0.497 e. The number of hydrogen-bond donors (Lipinski definition) is 2. The normalized spacial score (nSPS) is 10.8. The molecule has 0 fully saturated rings. The molecule has 142 valence electrons. The molecule has 28 heavy (non-hydrogen) atoms. The van der Waals surface area contributed by atoms with Gasteiger partial charge in [0.25, 0.3) is 5.56 Å². The highest BCUT2D eigenvalue weighted by Gasteiger charge is 2.13. The van der Waals surface area contributed by atoms with E-state index in [1.54, 1.807) is 26.2 Å². The average Bonchev–Trinajstić information content (AvgIpc) is 2.72. The van der Waals surface area contributed by atoms with E-state index < -0.39 is 5.91 Å². The van der Waals surface area contributed by atoms with Crippen LogP contribution < -0.4 is 15.7 Å². The van der Waals surface area contributed by atoms with Crippen molar-refractivity contribution in [3.63, 3.8) is 0 Å². The Balaban J connectivity index is 1.66. The second-order valence-corrected chi connectivity index (χ2v) is 6.09. The van der Waals surface area contributed by atoms with Gasteiger partial charge in [-0.2, -0.15) is 5.10 Å². The van der Waals surface area contributed by atoms with Gasteiger partial charge in [0, 0.05) is 16.8 Å². The molecular formula is C21H20N4O3. The number of nitrogens with zero attached hydrogens (tertiary/aromatic N) is 2. The third kappa shape index (κ3) is 4.70. The molecular weight excluding hydrogens is 356 g/mol. The van der Waals surface area contributed by atoms with Crippen LogP contribution in [0.25, 0.3) is 11.4 Å². The topological polar surface area (TPSA) is 96.4 Å². The second-order valence-electron chi connectivity index (χ2n) is 6.09. The first-order valence-electron chi connectivity index (χ1n) is 8.68. The number of methoxy groups -OCH3 is 1. The predicted molar refractivity (Wildman–Crippen MR) is 107 cm³/mol. The van der Waals surface area contributed by atoms with Crippen LogP contribution in [0.1, 0.15) is 16.8 Å². The molecule has 0 bridgehead atoms. The number of nitrogens with one attached hydrogen (secondary N) is 2. The minimum absolute atomic E-state index is 0.108. The lowest BCUT2D eigenvalue weighted by Crippen LogP contribution is -2.26. The van der Waals surface area contributed by atoms with E-state index in [1.165, 1.54) is 6.21 Å². The van der Waals surface area contributed by atoms with E-state index in [2.05, 4.69) is 20.5 Å². The third-order valence-electron chi connectivity index (χ3n) is 4.13. The lowest BCUT2D eigenvalue weighted by Gasteiger charge is -2.07. The van der Waals surface area contributed by atoms with Crippen LogP contribution in [-0.2, 0) is 11.2 Å². The van der Waals surface area contributed by atoms with E-state index in [1.807, 2.05) is 42.5 Å². The van der Waals surface area contributed by atoms with Gasteiger partial charge in [0.2, 0.25) is 5.91 Å². The fourth-order valence-corrected chi connectivity index (χ4v) is 2.62. The molecule has 3 rings (SSSR count). The van der Waals surface area contributed by atoms with Gasteiger partial charge in [0.15, 0.2) is 0 Å². The Hall–Kier alpha value is -3.74. The molecule has 0 unspecified atom stereocenters. The van der Waals surface area contributed by atoms with Crippen molar-refractivity contribution in [2.45, 2.75) is 13.3 Å². The lowest BCUT2D eigenvalue weighted by molar-refractivity contribution is -0.120. The number of hydrogen-bond acceptors (Lipinski definition) is 5. The number of benzene rings is 2. The molecule has 2 aromatic carbocycles. The summed E-state index contributed by atoms with van der Waals surface area (Å²) in [5, 5.41) is 3.92. The molecule has 1 heterocycles. The number of carbonyl (C=O) groups excluding carboxylic acids is 1. The Morgan fingerprint density at radius 2 is 1.89 bits per heavy atom. The minimum atomic E-state index is -0.396. The van der Waals surface area contributed by atoms with Crippen molar-refractivity contribution in [1.82, 2.24) is 15.4 Å². The van der Waals surface area contributed by atoms with Crippen molar-refractivity contribution >= 4 is 12.1 Å². The van der Waals surface area contributed by atoms with Crippen molar-refractivity contribution in [3.8, 4) is 17.1 Å². The van der Waals surface area contributed by atoms with E-state index in [-0.39, 0.29) is 12.0 Å². The Labute approximate surface area is 162 Å². The van der Waals surface area contributed by atoms with Crippen LogP contribution in [0, 0.1) is 6.92 Å². The summed E-state index contributed by atoms with van der Waals surface area (Å²) in [5.41, 5.74) is 4.54. The first-order valence-corrected chi connectivity index (χ1v) is 8.68. The average molecular weight is 376 g/mol. The van der Waals surface area contributed by atoms with Crippen LogP contribution in [0.5, 0.6) is 5.75 Å². The van der Waals surface area contributed by atoms with Gasteiger partial charge in [0.1, 0.15) is 11.6 Å². The van der Waals surface area contributed by atoms with E-state index in [0.717, 1.165) is 16.9 Å². The van der Waals surface area contributed by atoms with Gasteiger partial charge in [-0.05, 0) is 36.8 Å². The molecule has 0 spiro atoms. The van der Waals surface area contributed by atoms with E-state index >= 15 is 0 Å². The number of carbonyl (C=O) groups is 1. The van der Waals surface area contributed by atoms with Gasteiger partial charge < -0.3 is 9.72 Å². The molecule has 0 aliphatic carbocycles. The zero-order valence-electron chi connectivity index (χ0n) is 15.6. The number of ether oxygens (including phenoxy) is 1. The van der Waals surface area contributed by atoms with Crippen molar-refractivity contribution < 1.29 is 9.53 Å². The summed E-state index contributed by atoms with van der Waals surface area (Å²) in [6.07, 6.45) is 1.41. The Morgan fingerprint density at radius 3 is 2.54 bits per heavy atom. The number of hydrazone groups is 1. The van der Waals surface area contributed by atoms with E-state index in [9.17, 15) is 9.59 Å². The fraction of sp³-hybridized carbons (Fsp3) is 0.143. The molecule has 0 atom stereocenters. The molecule has 2 N–H and O–H groups in total. The first kappa shape index (κ1) is 19.0. The third-order valence-corrected chi connectivity index (χ3v) is 4.13. The van der Waals surface area contributed by atoms with E-state index in [0.29, 0.717) is 17.1 Å². The molecule has 0 aliphatic rings. The van der Waals surface area contributed by atoms with Crippen molar-refractivity contribution in [2.75, 3.05) is 7.11 Å². The van der Waals surface area contributed by atoms with Crippen LogP contribution in [0.2, 0.25) is 0 Å². The molecule has 0 saturated heterocycles. The van der Waals surface area contributed by atoms with Gasteiger partial charge in [-0.3, -0.25) is 9.59 Å². The molecule has 7 heteroatoms. The van der Waals surface area contributed by atoms with Gasteiger partial charge in [-0.1, -0.05) is 30.3 Å². The van der Waals surface area contributed by atoms with Crippen molar-refractivity contribution in [3.05, 3.63) is 81.8 Å². The van der Waals surface area contributed by atoms with Gasteiger partial charge in [-0.25, -0.2) is 10.4 Å². The number of amides is 1. The highest BCUT2D eigenvalue weighted by Crippen LogP contribution is 2.14. The Morgan fingerprint density at radius 1 is 1.18 bits per heavy atom. The fourth-order valence-electron chi connectivity index (χ4n) is 2.62. The first-order chi connectivity index (χ1) is 13.6. The van der Waals surface area contributed by atoms with Crippen LogP contribution >= 0.6 is 0 Å². The predicted octanol–water partition coefficient (Wildman–Crippen LogP) is 2.45. The monoisotopic (exact) mass is 376 g/mol. The summed E-state index contributed by atoms with van der Waals surface area (Å²) in [6, 6.07) is 16.6. The standard InChI is InChI=1S/C21H20N4O3/c1-14-18(21(27)24-20(23-14)16-6-4-3-5-7-16)12-19(26)25-22-13-15-8-10-17(28-2)11-9-15/h3-11,13H,12H2,1-2H3,(H,25,26)(H,23,24,27)/b22-13-. The number of aromatic amines is 1. The second kappa shape index (κ2) is 8.77. The highest BCUT2D eigenvalue weighted by molar-refractivity contribution is 5.83. The molecule has 0 radical (unpaired) electrons. The number of aromatic nitrogens is 2.